The number of hydrogen-bond acceptors (Lipinski definition) is 10. The second-order valence-corrected chi connectivity index (χ2v) is 18.0. The first-order valence-corrected chi connectivity index (χ1v) is 21.5. The molecule has 4 aliphatic rings. The van der Waals surface area contributed by atoms with Gasteiger partial charge in [-0.25, -0.2) is 13.1 Å². The van der Waals surface area contributed by atoms with Crippen molar-refractivity contribution in [3.63, 3.8) is 0 Å². The number of ether oxygens (including phenoxy) is 3. The summed E-state index contributed by atoms with van der Waals surface area (Å²) in [5.74, 6) is 0.0654. The molecular weight excluding hydrogens is 728 g/mol. The first kappa shape index (κ1) is 40.5. The SMILES string of the molecule is CCOC(=O)CN1CCN(C[C@]2(OC)/C=C/C[C@H](C)[C@@H](C)S(=O)(=O)NC(=O)c3ccc4c(c3)N(CCCCc3cc(Cl)ccc3CO4)C[C@@H]3CC[C@H]32)CC1. The van der Waals surface area contributed by atoms with Crippen molar-refractivity contribution in [3.05, 3.63) is 70.3 Å². The number of halogens is 1. The van der Waals surface area contributed by atoms with Crippen LogP contribution < -0.4 is 14.4 Å². The number of carbonyl (C=O) groups is 2. The molecule has 1 aliphatic carbocycles. The maximum atomic E-state index is 13.6. The lowest BCUT2D eigenvalue weighted by molar-refractivity contribution is -0.145. The second-order valence-electron chi connectivity index (χ2n) is 15.5. The Hall–Kier alpha value is -3.16. The van der Waals surface area contributed by atoms with Crippen LogP contribution in [0.1, 0.15) is 74.4 Å². The molecule has 0 radical (unpaired) electrons. The van der Waals surface area contributed by atoms with Crippen molar-refractivity contribution in [3.8, 4) is 5.75 Å². The predicted molar refractivity (Wildman–Crippen MR) is 212 cm³/mol. The van der Waals surface area contributed by atoms with E-state index in [9.17, 15) is 18.0 Å². The average molecular weight is 785 g/mol. The fourth-order valence-electron chi connectivity index (χ4n) is 8.48. The van der Waals surface area contributed by atoms with E-state index in [0.717, 1.165) is 82.6 Å². The third-order valence-corrected chi connectivity index (χ3v) is 14.3. The van der Waals surface area contributed by atoms with Gasteiger partial charge >= 0.3 is 5.97 Å². The molecule has 2 fully saturated rings. The summed E-state index contributed by atoms with van der Waals surface area (Å²) in [6.45, 7) is 11.7. The van der Waals surface area contributed by atoms with E-state index in [1.165, 1.54) is 5.56 Å². The molecular formula is C41H57ClN4O7S. The molecule has 0 spiro atoms. The van der Waals surface area contributed by atoms with Crippen LogP contribution in [-0.4, -0.2) is 107 Å². The van der Waals surface area contributed by atoms with Gasteiger partial charge in [-0.1, -0.05) is 36.7 Å². The van der Waals surface area contributed by atoms with Gasteiger partial charge in [0.05, 0.1) is 24.1 Å². The Morgan fingerprint density at radius 3 is 2.52 bits per heavy atom. The molecule has 0 aromatic heterocycles. The smallest absolute Gasteiger partial charge is 0.320 e. The Morgan fingerprint density at radius 1 is 1.02 bits per heavy atom. The van der Waals surface area contributed by atoms with E-state index in [1.807, 2.05) is 32.0 Å². The number of nitrogens with one attached hydrogen (secondary N) is 1. The highest BCUT2D eigenvalue weighted by molar-refractivity contribution is 7.90. The van der Waals surface area contributed by atoms with Crippen molar-refractivity contribution >= 4 is 39.2 Å². The summed E-state index contributed by atoms with van der Waals surface area (Å²) in [6, 6.07) is 11.2. The molecule has 11 nitrogen and oxygen atoms in total. The zero-order valence-corrected chi connectivity index (χ0v) is 33.8. The van der Waals surface area contributed by atoms with Crippen molar-refractivity contribution in [1.82, 2.24) is 14.5 Å². The molecule has 2 aromatic carbocycles. The van der Waals surface area contributed by atoms with E-state index in [0.29, 0.717) is 49.4 Å². The molecule has 3 heterocycles. The molecule has 1 saturated heterocycles. The summed E-state index contributed by atoms with van der Waals surface area (Å²) in [4.78, 5) is 32.7. The number of rotatable bonds is 6. The Bertz CT molecular complexity index is 1780. The first-order valence-electron chi connectivity index (χ1n) is 19.6. The molecule has 1 amide bonds. The van der Waals surface area contributed by atoms with Gasteiger partial charge in [0.2, 0.25) is 10.0 Å². The Kier molecular flexibility index (Phi) is 13.3. The fourth-order valence-corrected chi connectivity index (χ4v) is 9.96. The molecule has 54 heavy (non-hydrogen) atoms. The molecule has 3 aliphatic heterocycles. The van der Waals surface area contributed by atoms with E-state index in [2.05, 4.69) is 31.6 Å². The van der Waals surface area contributed by atoms with E-state index in [-0.39, 0.29) is 23.4 Å². The van der Waals surface area contributed by atoms with Gasteiger partial charge in [0.15, 0.2) is 0 Å². The maximum absolute atomic E-state index is 13.6. The van der Waals surface area contributed by atoms with Crippen molar-refractivity contribution in [2.45, 2.75) is 76.8 Å². The summed E-state index contributed by atoms with van der Waals surface area (Å²) in [7, 11) is -2.19. The molecule has 1 saturated carbocycles. The van der Waals surface area contributed by atoms with Gasteiger partial charge in [-0.05, 0) is 112 Å². The number of aryl methyl sites for hydroxylation is 1. The van der Waals surface area contributed by atoms with Crippen LogP contribution in [0.5, 0.6) is 5.75 Å². The molecule has 1 N–H and O–H groups in total. The topological polar surface area (TPSA) is 118 Å². The number of amides is 1. The lowest BCUT2D eigenvalue weighted by Crippen LogP contribution is -2.59. The van der Waals surface area contributed by atoms with Gasteiger partial charge in [0.1, 0.15) is 18.0 Å². The summed E-state index contributed by atoms with van der Waals surface area (Å²) >= 11 is 6.40. The van der Waals surface area contributed by atoms with Crippen LogP contribution in [0, 0.1) is 17.8 Å². The van der Waals surface area contributed by atoms with Gasteiger partial charge in [-0.2, -0.15) is 0 Å². The van der Waals surface area contributed by atoms with Crippen LogP contribution in [0.3, 0.4) is 0 Å². The molecule has 5 atom stereocenters. The Labute approximate surface area is 326 Å². The second kappa shape index (κ2) is 17.7. The lowest BCUT2D eigenvalue weighted by Gasteiger charge is -2.52. The van der Waals surface area contributed by atoms with Crippen LogP contribution in [0.2, 0.25) is 5.02 Å². The number of methoxy groups -OCH3 is 1. The summed E-state index contributed by atoms with van der Waals surface area (Å²) in [5.41, 5.74) is 2.70. The maximum Gasteiger partial charge on any atom is 0.320 e. The first-order chi connectivity index (χ1) is 25.9. The number of allylic oxidation sites excluding steroid dienone is 1. The van der Waals surface area contributed by atoms with Crippen LogP contribution in [0.25, 0.3) is 0 Å². The summed E-state index contributed by atoms with van der Waals surface area (Å²) in [5, 5.41) is -0.109. The number of esters is 1. The lowest BCUT2D eigenvalue weighted by atomic mass is 9.63. The van der Waals surface area contributed by atoms with Gasteiger partial charge < -0.3 is 19.1 Å². The fraction of sp³-hybridized carbons (Fsp3) is 0.610. The normalized spacial score (nSPS) is 28.9. The number of benzene rings is 2. The van der Waals surface area contributed by atoms with Gasteiger partial charge in [-0.3, -0.25) is 19.4 Å². The van der Waals surface area contributed by atoms with Crippen molar-refractivity contribution in [1.29, 1.82) is 0 Å². The van der Waals surface area contributed by atoms with E-state index < -0.39 is 26.8 Å². The van der Waals surface area contributed by atoms with Gasteiger partial charge in [0, 0.05) is 63.5 Å². The highest BCUT2D eigenvalue weighted by Gasteiger charge is 2.48. The number of piperazine rings is 1. The van der Waals surface area contributed by atoms with E-state index >= 15 is 0 Å². The van der Waals surface area contributed by atoms with Crippen LogP contribution in [0.4, 0.5) is 5.69 Å². The van der Waals surface area contributed by atoms with E-state index in [1.54, 1.807) is 32.2 Å². The zero-order chi connectivity index (χ0) is 38.5. The number of fused-ring (bicyclic) bond motifs is 3. The Balaban J connectivity index is 1.33. The predicted octanol–water partition coefficient (Wildman–Crippen LogP) is 5.70. The minimum atomic E-state index is -3.99. The highest BCUT2D eigenvalue weighted by Crippen LogP contribution is 2.47. The van der Waals surface area contributed by atoms with Crippen LogP contribution in [-0.2, 0) is 37.3 Å². The number of carbonyl (C=O) groups excluding carboxylic acids is 2. The number of anilines is 1. The number of nitrogens with zero attached hydrogens (tertiary/aromatic N) is 3. The third-order valence-electron chi connectivity index (χ3n) is 12.1. The number of sulfonamides is 1. The van der Waals surface area contributed by atoms with Crippen LogP contribution >= 0.6 is 11.6 Å². The van der Waals surface area contributed by atoms with Crippen molar-refractivity contribution in [2.75, 3.05) is 71.0 Å². The molecule has 2 aromatic rings. The summed E-state index contributed by atoms with van der Waals surface area (Å²) < 4.78 is 47.9. The quantitative estimate of drug-likeness (QED) is 0.289. The average Bonchev–Trinajstić information content (AvgIpc) is 3.16. The molecule has 2 bridgehead atoms. The third kappa shape index (κ3) is 9.44. The van der Waals surface area contributed by atoms with E-state index in [4.69, 9.17) is 25.8 Å². The monoisotopic (exact) mass is 784 g/mol. The van der Waals surface area contributed by atoms with Gasteiger partial charge in [-0.15, -0.1) is 0 Å². The minimum absolute atomic E-state index is 0.193. The van der Waals surface area contributed by atoms with Crippen LogP contribution in [0.15, 0.2) is 48.6 Å². The Morgan fingerprint density at radius 2 is 1.80 bits per heavy atom. The molecule has 296 valence electrons. The number of hydrogen-bond donors (Lipinski definition) is 1. The van der Waals surface area contributed by atoms with Crippen molar-refractivity contribution < 1.29 is 32.2 Å². The molecule has 13 heteroatoms. The van der Waals surface area contributed by atoms with Gasteiger partial charge in [0.25, 0.3) is 5.91 Å². The summed E-state index contributed by atoms with van der Waals surface area (Å²) in [6.07, 6.45) is 9.58. The zero-order valence-electron chi connectivity index (χ0n) is 32.2. The largest absolute Gasteiger partial charge is 0.487 e. The molecule has 6 rings (SSSR count). The standard InChI is InChI=1S/C41H57ClN4O7S/c1-5-52-39(47)26-44-19-21-45(22-20-44)28-41(51-4)17-8-9-29(2)30(3)54(49,50)43-40(48)32-13-16-38-37(24-32)46(25-33-12-15-36(33)41)18-7-6-10-31-23-35(42)14-11-34(31)27-53-38/h8,11,13-14,16-17,23-24,29-30,33,36H,5-7,9-10,12,15,18-22,25-28H2,1-4H3,(H,43,48)/b17-8+/t29-,30+,33-,36+,41+/m0/s1. The van der Waals surface area contributed by atoms with Crippen molar-refractivity contribution in [2.24, 2.45) is 17.8 Å². The molecule has 0 unspecified atom stereocenters. The highest BCUT2D eigenvalue weighted by atomic mass is 35.5. The minimum Gasteiger partial charge on any atom is -0.487 e.